The summed E-state index contributed by atoms with van der Waals surface area (Å²) in [6, 6.07) is 12.8. The highest BCUT2D eigenvalue weighted by atomic mass is 16.5. The Morgan fingerprint density at radius 1 is 1.20 bits per heavy atom. The number of H-pyrrole nitrogens is 1. The van der Waals surface area contributed by atoms with Crippen LogP contribution in [0.15, 0.2) is 59.7 Å². The van der Waals surface area contributed by atoms with Crippen molar-refractivity contribution in [2.45, 2.75) is 25.2 Å². The average molecular weight is 404 g/mol. The number of piperidine rings is 1. The van der Waals surface area contributed by atoms with Gasteiger partial charge in [0.25, 0.3) is 5.56 Å². The quantitative estimate of drug-likeness (QED) is 0.706. The molecule has 0 spiro atoms. The fourth-order valence-corrected chi connectivity index (χ4v) is 3.80. The molecule has 1 aliphatic heterocycles. The summed E-state index contributed by atoms with van der Waals surface area (Å²) in [5, 5.41) is 0. The number of pyridine rings is 1. The normalized spacial score (nSPS) is 14.5. The molecule has 154 valence electrons. The standard InChI is InChI=1S/C23H24N4O3/c1-30-19-6-2-4-16(12-19)13-22(29)27-10-7-17(8-11-27)23-25-20(14-21(28)26-23)18-5-3-9-24-15-18/h2-6,9,12,14-15,17H,7-8,10-11,13H2,1H3,(H,25,26,28). The molecule has 0 saturated carbocycles. The molecule has 1 aliphatic rings. The molecule has 3 heterocycles. The SMILES string of the molecule is COc1cccc(CC(=O)N2CCC(c3nc(-c4cccnc4)cc(=O)[nH]3)CC2)c1. The van der Waals surface area contributed by atoms with Gasteiger partial charge in [0.15, 0.2) is 0 Å². The summed E-state index contributed by atoms with van der Waals surface area (Å²) in [6.45, 7) is 1.29. The molecule has 1 aromatic carbocycles. The van der Waals surface area contributed by atoms with Crippen molar-refractivity contribution in [2.75, 3.05) is 20.2 Å². The minimum Gasteiger partial charge on any atom is -0.497 e. The first kappa shape index (κ1) is 19.8. The number of methoxy groups -OCH3 is 1. The second-order valence-electron chi connectivity index (χ2n) is 7.44. The molecule has 0 unspecified atom stereocenters. The lowest BCUT2D eigenvalue weighted by atomic mass is 9.95. The third kappa shape index (κ3) is 4.56. The van der Waals surface area contributed by atoms with Gasteiger partial charge in [-0.15, -0.1) is 0 Å². The van der Waals surface area contributed by atoms with Crippen molar-refractivity contribution in [2.24, 2.45) is 0 Å². The molecule has 4 rings (SSSR count). The average Bonchev–Trinajstić information content (AvgIpc) is 2.79. The number of amides is 1. The maximum Gasteiger partial charge on any atom is 0.251 e. The number of aromatic amines is 1. The fourth-order valence-electron chi connectivity index (χ4n) is 3.80. The number of carbonyl (C=O) groups is 1. The topological polar surface area (TPSA) is 88.2 Å². The number of benzene rings is 1. The highest BCUT2D eigenvalue weighted by Gasteiger charge is 2.25. The van der Waals surface area contributed by atoms with E-state index in [2.05, 4.69) is 15.0 Å². The third-order valence-electron chi connectivity index (χ3n) is 5.44. The Hall–Kier alpha value is -3.48. The molecule has 0 bridgehead atoms. The second kappa shape index (κ2) is 8.90. The van der Waals surface area contributed by atoms with E-state index in [0.29, 0.717) is 31.0 Å². The van der Waals surface area contributed by atoms with Gasteiger partial charge in [0.1, 0.15) is 11.6 Å². The van der Waals surface area contributed by atoms with Crippen LogP contribution in [-0.4, -0.2) is 46.0 Å². The number of aromatic nitrogens is 3. The van der Waals surface area contributed by atoms with Crippen LogP contribution in [0.25, 0.3) is 11.3 Å². The van der Waals surface area contributed by atoms with Gasteiger partial charge in [-0.3, -0.25) is 14.6 Å². The molecular formula is C23H24N4O3. The molecule has 1 amide bonds. The fraction of sp³-hybridized carbons (Fsp3) is 0.304. The first-order chi connectivity index (χ1) is 14.6. The van der Waals surface area contributed by atoms with Crippen LogP contribution in [0.3, 0.4) is 0 Å². The van der Waals surface area contributed by atoms with E-state index in [1.165, 1.54) is 6.07 Å². The number of rotatable bonds is 5. The second-order valence-corrected chi connectivity index (χ2v) is 7.44. The Balaban J connectivity index is 1.41. The lowest BCUT2D eigenvalue weighted by molar-refractivity contribution is -0.131. The molecule has 1 fully saturated rings. The number of nitrogens with zero attached hydrogens (tertiary/aromatic N) is 3. The van der Waals surface area contributed by atoms with Gasteiger partial charge in [-0.1, -0.05) is 12.1 Å². The van der Waals surface area contributed by atoms with Crippen molar-refractivity contribution in [1.29, 1.82) is 0 Å². The predicted octanol–water partition coefficient (Wildman–Crippen LogP) is 2.79. The Morgan fingerprint density at radius 3 is 2.77 bits per heavy atom. The molecule has 1 N–H and O–H groups in total. The van der Waals surface area contributed by atoms with E-state index in [0.717, 1.165) is 29.7 Å². The number of hydrogen-bond donors (Lipinski definition) is 1. The lowest BCUT2D eigenvalue weighted by Crippen LogP contribution is -2.39. The maximum atomic E-state index is 12.7. The van der Waals surface area contributed by atoms with Crippen molar-refractivity contribution in [1.82, 2.24) is 19.9 Å². The van der Waals surface area contributed by atoms with Gasteiger partial charge in [-0.25, -0.2) is 4.98 Å². The number of nitrogens with one attached hydrogen (secondary N) is 1. The molecule has 7 nitrogen and oxygen atoms in total. The first-order valence-electron chi connectivity index (χ1n) is 10.0. The summed E-state index contributed by atoms with van der Waals surface area (Å²) in [7, 11) is 1.62. The highest BCUT2D eigenvalue weighted by Crippen LogP contribution is 2.27. The molecule has 0 aliphatic carbocycles. The predicted molar refractivity (Wildman–Crippen MR) is 113 cm³/mol. The van der Waals surface area contributed by atoms with Crippen molar-refractivity contribution in [3.05, 3.63) is 76.6 Å². The summed E-state index contributed by atoms with van der Waals surface area (Å²) in [5.41, 5.74) is 2.21. The van der Waals surface area contributed by atoms with Gasteiger partial charge in [0.2, 0.25) is 5.91 Å². The van der Waals surface area contributed by atoms with Gasteiger partial charge >= 0.3 is 0 Å². The van der Waals surface area contributed by atoms with Crippen molar-refractivity contribution in [3.8, 4) is 17.0 Å². The number of likely N-dealkylation sites (tertiary alicyclic amines) is 1. The van der Waals surface area contributed by atoms with E-state index in [9.17, 15) is 9.59 Å². The number of ether oxygens (including phenoxy) is 1. The summed E-state index contributed by atoms with van der Waals surface area (Å²) in [5.74, 6) is 1.66. The molecule has 0 radical (unpaired) electrons. The molecule has 0 atom stereocenters. The summed E-state index contributed by atoms with van der Waals surface area (Å²) in [6.07, 6.45) is 5.28. The highest BCUT2D eigenvalue weighted by molar-refractivity contribution is 5.79. The van der Waals surface area contributed by atoms with Gasteiger partial charge in [-0.05, 0) is 42.7 Å². The van der Waals surface area contributed by atoms with E-state index in [4.69, 9.17) is 4.74 Å². The monoisotopic (exact) mass is 404 g/mol. The minimum atomic E-state index is -0.171. The Bertz CT molecular complexity index is 1070. The zero-order valence-corrected chi connectivity index (χ0v) is 16.9. The van der Waals surface area contributed by atoms with Crippen LogP contribution in [0.2, 0.25) is 0 Å². The van der Waals surface area contributed by atoms with Gasteiger partial charge in [0.05, 0.1) is 19.2 Å². The van der Waals surface area contributed by atoms with Crippen LogP contribution >= 0.6 is 0 Å². The van der Waals surface area contributed by atoms with Crippen LogP contribution in [0, 0.1) is 0 Å². The van der Waals surface area contributed by atoms with Crippen LogP contribution in [0.1, 0.15) is 30.1 Å². The van der Waals surface area contributed by atoms with Crippen molar-refractivity contribution in [3.63, 3.8) is 0 Å². The van der Waals surface area contributed by atoms with E-state index in [-0.39, 0.29) is 17.4 Å². The molecule has 1 saturated heterocycles. The van der Waals surface area contributed by atoms with Gasteiger partial charge < -0.3 is 14.6 Å². The van der Waals surface area contributed by atoms with Gasteiger partial charge in [-0.2, -0.15) is 0 Å². The number of carbonyl (C=O) groups excluding carboxylic acids is 1. The van der Waals surface area contributed by atoms with E-state index < -0.39 is 0 Å². The third-order valence-corrected chi connectivity index (χ3v) is 5.44. The van der Waals surface area contributed by atoms with Crippen LogP contribution in [0.5, 0.6) is 5.75 Å². The lowest BCUT2D eigenvalue weighted by Gasteiger charge is -2.31. The Morgan fingerprint density at radius 2 is 2.03 bits per heavy atom. The largest absolute Gasteiger partial charge is 0.497 e. The van der Waals surface area contributed by atoms with Crippen molar-refractivity contribution < 1.29 is 9.53 Å². The summed E-state index contributed by atoms with van der Waals surface area (Å²) < 4.78 is 5.23. The van der Waals surface area contributed by atoms with E-state index in [1.807, 2.05) is 41.3 Å². The van der Waals surface area contributed by atoms with Crippen LogP contribution in [-0.2, 0) is 11.2 Å². The zero-order chi connectivity index (χ0) is 20.9. The zero-order valence-electron chi connectivity index (χ0n) is 16.9. The molecule has 2 aromatic heterocycles. The Kier molecular flexibility index (Phi) is 5.88. The van der Waals surface area contributed by atoms with Gasteiger partial charge in [0, 0.05) is 43.0 Å². The molecule has 30 heavy (non-hydrogen) atoms. The smallest absolute Gasteiger partial charge is 0.251 e. The van der Waals surface area contributed by atoms with E-state index >= 15 is 0 Å². The van der Waals surface area contributed by atoms with Crippen LogP contribution < -0.4 is 10.3 Å². The van der Waals surface area contributed by atoms with Crippen LogP contribution in [0.4, 0.5) is 0 Å². The molecule has 3 aromatic rings. The number of hydrogen-bond acceptors (Lipinski definition) is 5. The van der Waals surface area contributed by atoms with Crippen molar-refractivity contribution >= 4 is 5.91 Å². The Labute approximate surface area is 174 Å². The summed E-state index contributed by atoms with van der Waals surface area (Å²) >= 11 is 0. The molecule has 7 heteroatoms. The minimum absolute atomic E-state index is 0.104. The maximum absolute atomic E-state index is 12.7. The van der Waals surface area contributed by atoms with E-state index in [1.54, 1.807) is 19.5 Å². The first-order valence-corrected chi connectivity index (χ1v) is 10.0. The summed E-state index contributed by atoms with van der Waals surface area (Å²) in [4.78, 5) is 38.4. The molecular weight excluding hydrogens is 380 g/mol.